The van der Waals surface area contributed by atoms with E-state index in [1.165, 1.54) is 0 Å². The van der Waals surface area contributed by atoms with Crippen molar-refractivity contribution in [1.82, 2.24) is 4.98 Å². The fraction of sp³-hybridized carbons (Fsp3) is 0.500. The molecule has 1 N–H and O–H groups in total. The van der Waals surface area contributed by atoms with E-state index in [4.69, 9.17) is 4.74 Å². The summed E-state index contributed by atoms with van der Waals surface area (Å²) < 4.78 is 7.01. The third-order valence-corrected chi connectivity index (χ3v) is 2.81. The molecule has 0 aliphatic heterocycles. The van der Waals surface area contributed by atoms with Crippen LogP contribution in [0.25, 0.3) is 0 Å². The van der Waals surface area contributed by atoms with Crippen molar-refractivity contribution in [1.29, 1.82) is 0 Å². The Kier molecular flexibility index (Phi) is 4.55. The zero-order chi connectivity index (χ0) is 11.5. The van der Waals surface area contributed by atoms with Gasteiger partial charge in [-0.25, -0.2) is 4.98 Å². The van der Waals surface area contributed by atoms with Crippen LogP contribution in [0.5, 0.6) is 0 Å². The van der Waals surface area contributed by atoms with Gasteiger partial charge < -0.3 is 10.1 Å². The lowest BCUT2D eigenvalue weighted by atomic mass is 10.1. The van der Waals surface area contributed by atoms with Crippen molar-refractivity contribution in [2.45, 2.75) is 19.4 Å². The van der Waals surface area contributed by atoms with Crippen molar-refractivity contribution < 1.29 is 4.74 Å². The third-order valence-electron chi connectivity index (χ3n) is 1.77. The SMILES string of the molecule is COCC(C)(C)Nc1ncc(Br)cc1Br. The Morgan fingerprint density at radius 3 is 2.67 bits per heavy atom. The van der Waals surface area contributed by atoms with Crippen molar-refractivity contribution in [3.8, 4) is 0 Å². The summed E-state index contributed by atoms with van der Waals surface area (Å²) in [4.78, 5) is 4.28. The van der Waals surface area contributed by atoms with Gasteiger partial charge in [0.05, 0.1) is 16.6 Å². The van der Waals surface area contributed by atoms with Gasteiger partial charge in [-0.1, -0.05) is 0 Å². The van der Waals surface area contributed by atoms with E-state index >= 15 is 0 Å². The molecule has 15 heavy (non-hydrogen) atoms. The van der Waals surface area contributed by atoms with Crippen molar-refractivity contribution in [2.24, 2.45) is 0 Å². The van der Waals surface area contributed by atoms with Crippen LogP contribution in [0.3, 0.4) is 0 Å². The van der Waals surface area contributed by atoms with Gasteiger partial charge in [0.1, 0.15) is 5.82 Å². The number of aromatic nitrogens is 1. The van der Waals surface area contributed by atoms with Gasteiger partial charge in [-0.15, -0.1) is 0 Å². The topological polar surface area (TPSA) is 34.1 Å². The number of ether oxygens (including phenoxy) is 1. The molecule has 1 heterocycles. The number of hydrogen-bond acceptors (Lipinski definition) is 3. The molecule has 0 bridgehead atoms. The number of nitrogens with one attached hydrogen (secondary N) is 1. The van der Waals surface area contributed by atoms with Crippen molar-refractivity contribution in [2.75, 3.05) is 19.0 Å². The Hall–Kier alpha value is -0.130. The van der Waals surface area contributed by atoms with Gasteiger partial charge >= 0.3 is 0 Å². The number of anilines is 1. The third kappa shape index (κ3) is 4.09. The van der Waals surface area contributed by atoms with Gasteiger partial charge in [0, 0.05) is 17.8 Å². The normalized spacial score (nSPS) is 11.5. The minimum atomic E-state index is -0.141. The maximum Gasteiger partial charge on any atom is 0.140 e. The van der Waals surface area contributed by atoms with Gasteiger partial charge in [0.15, 0.2) is 0 Å². The number of rotatable bonds is 4. The molecule has 3 nitrogen and oxygen atoms in total. The molecule has 0 amide bonds. The lowest BCUT2D eigenvalue weighted by Crippen LogP contribution is -2.36. The Morgan fingerprint density at radius 2 is 2.13 bits per heavy atom. The van der Waals surface area contributed by atoms with Gasteiger partial charge in [0.25, 0.3) is 0 Å². The van der Waals surface area contributed by atoms with E-state index in [2.05, 4.69) is 56.0 Å². The van der Waals surface area contributed by atoms with Gasteiger partial charge in [-0.2, -0.15) is 0 Å². The zero-order valence-corrected chi connectivity index (χ0v) is 12.1. The molecule has 84 valence electrons. The molecule has 0 aliphatic rings. The van der Waals surface area contributed by atoms with E-state index in [1.54, 1.807) is 13.3 Å². The maximum atomic E-state index is 5.13. The van der Waals surface area contributed by atoms with E-state index in [0.29, 0.717) is 6.61 Å². The quantitative estimate of drug-likeness (QED) is 0.913. The molecule has 0 radical (unpaired) electrons. The molecular formula is C10H14Br2N2O. The van der Waals surface area contributed by atoms with Crippen LogP contribution in [-0.2, 0) is 4.74 Å². The van der Waals surface area contributed by atoms with E-state index in [0.717, 1.165) is 14.8 Å². The van der Waals surface area contributed by atoms with Gasteiger partial charge in [0.2, 0.25) is 0 Å². The molecule has 0 atom stereocenters. The van der Waals surface area contributed by atoms with Crippen LogP contribution >= 0.6 is 31.9 Å². The molecule has 0 aliphatic carbocycles. The molecule has 0 unspecified atom stereocenters. The molecule has 0 saturated carbocycles. The molecule has 0 spiro atoms. The minimum Gasteiger partial charge on any atom is -0.382 e. The van der Waals surface area contributed by atoms with E-state index in [-0.39, 0.29) is 5.54 Å². The Morgan fingerprint density at radius 1 is 1.47 bits per heavy atom. The highest BCUT2D eigenvalue weighted by Crippen LogP contribution is 2.25. The Labute approximate surface area is 107 Å². The Balaban J connectivity index is 2.80. The maximum absolute atomic E-state index is 5.13. The highest BCUT2D eigenvalue weighted by atomic mass is 79.9. The number of methoxy groups -OCH3 is 1. The van der Waals surface area contributed by atoms with Crippen LogP contribution in [0.15, 0.2) is 21.2 Å². The summed E-state index contributed by atoms with van der Waals surface area (Å²) in [5.41, 5.74) is -0.141. The summed E-state index contributed by atoms with van der Waals surface area (Å²) in [5.74, 6) is 0.820. The predicted molar refractivity (Wildman–Crippen MR) is 69.2 cm³/mol. The van der Waals surface area contributed by atoms with Crippen LogP contribution in [0, 0.1) is 0 Å². The largest absolute Gasteiger partial charge is 0.382 e. The fourth-order valence-corrected chi connectivity index (χ4v) is 2.31. The molecule has 1 aromatic heterocycles. The number of pyridine rings is 1. The van der Waals surface area contributed by atoms with Crippen LogP contribution < -0.4 is 5.32 Å². The monoisotopic (exact) mass is 336 g/mol. The molecular weight excluding hydrogens is 324 g/mol. The molecule has 0 saturated heterocycles. The van der Waals surface area contributed by atoms with Crippen LogP contribution in [0.2, 0.25) is 0 Å². The van der Waals surface area contributed by atoms with Crippen molar-refractivity contribution >= 4 is 37.7 Å². The minimum absolute atomic E-state index is 0.141. The molecule has 1 aromatic rings. The predicted octanol–water partition coefficient (Wildman–Crippen LogP) is 3.44. The average Bonchev–Trinajstić information content (AvgIpc) is 2.09. The highest BCUT2D eigenvalue weighted by Gasteiger charge is 2.18. The van der Waals surface area contributed by atoms with Crippen LogP contribution in [0.4, 0.5) is 5.82 Å². The first-order chi connectivity index (χ1) is 6.94. The zero-order valence-electron chi connectivity index (χ0n) is 8.97. The second-order valence-electron chi connectivity index (χ2n) is 3.93. The van der Waals surface area contributed by atoms with E-state index in [9.17, 15) is 0 Å². The Bertz CT molecular complexity index is 342. The van der Waals surface area contributed by atoms with Crippen LogP contribution in [-0.4, -0.2) is 24.2 Å². The molecule has 0 aromatic carbocycles. The summed E-state index contributed by atoms with van der Waals surface area (Å²) in [7, 11) is 1.69. The first-order valence-electron chi connectivity index (χ1n) is 4.53. The lowest BCUT2D eigenvalue weighted by Gasteiger charge is -2.26. The van der Waals surface area contributed by atoms with E-state index in [1.807, 2.05) is 6.07 Å². The van der Waals surface area contributed by atoms with Crippen LogP contribution in [0.1, 0.15) is 13.8 Å². The van der Waals surface area contributed by atoms with Crippen molar-refractivity contribution in [3.05, 3.63) is 21.2 Å². The summed E-state index contributed by atoms with van der Waals surface area (Å²) in [6, 6.07) is 1.96. The summed E-state index contributed by atoms with van der Waals surface area (Å²) in [6.45, 7) is 4.75. The number of halogens is 2. The second-order valence-corrected chi connectivity index (χ2v) is 5.70. The molecule has 0 fully saturated rings. The van der Waals surface area contributed by atoms with Gasteiger partial charge in [-0.3, -0.25) is 0 Å². The summed E-state index contributed by atoms with van der Waals surface area (Å²) in [6.07, 6.45) is 1.76. The number of nitrogens with zero attached hydrogens (tertiary/aromatic N) is 1. The standard InChI is InChI=1S/C10H14Br2N2O/c1-10(2,6-15-3)14-9-8(12)4-7(11)5-13-9/h4-5H,6H2,1-3H3,(H,13,14). The first-order valence-corrected chi connectivity index (χ1v) is 6.11. The summed E-state index contributed by atoms with van der Waals surface area (Å²) in [5, 5.41) is 3.31. The lowest BCUT2D eigenvalue weighted by molar-refractivity contribution is 0.158. The second kappa shape index (κ2) is 5.27. The molecule has 5 heteroatoms. The van der Waals surface area contributed by atoms with Crippen molar-refractivity contribution in [3.63, 3.8) is 0 Å². The average molecular weight is 338 g/mol. The fourth-order valence-electron chi connectivity index (χ4n) is 1.22. The smallest absolute Gasteiger partial charge is 0.140 e. The first kappa shape index (κ1) is 12.9. The number of hydrogen-bond donors (Lipinski definition) is 1. The van der Waals surface area contributed by atoms with Gasteiger partial charge in [-0.05, 0) is 51.8 Å². The summed E-state index contributed by atoms with van der Waals surface area (Å²) >= 11 is 6.82. The van der Waals surface area contributed by atoms with E-state index < -0.39 is 0 Å². The molecule has 1 rings (SSSR count). The highest BCUT2D eigenvalue weighted by molar-refractivity contribution is 9.11.